The van der Waals surface area contributed by atoms with Gasteiger partial charge in [-0.25, -0.2) is 4.79 Å². The van der Waals surface area contributed by atoms with Crippen LogP contribution in [0.4, 0.5) is 5.69 Å². The van der Waals surface area contributed by atoms with E-state index in [4.69, 9.17) is 5.11 Å². The fourth-order valence-electron chi connectivity index (χ4n) is 0.852. The van der Waals surface area contributed by atoms with Gasteiger partial charge in [-0.15, -0.1) is 0 Å². The lowest BCUT2D eigenvalue weighted by Gasteiger charge is -1.84. The normalized spacial score (nSPS) is 9.75. The summed E-state index contributed by atoms with van der Waals surface area (Å²) in [6.07, 6.45) is 0. The van der Waals surface area contributed by atoms with Crippen LogP contribution in [0.1, 0.15) is 16.2 Å². The lowest BCUT2D eigenvalue weighted by atomic mass is 10.4. The Morgan fingerprint density at radius 1 is 1.75 bits per heavy atom. The average Bonchev–Trinajstić information content (AvgIpc) is 2.30. The zero-order valence-electron chi connectivity index (χ0n) is 6.20. The van der Waals surface area contributed by atoms with Gasteiger partial charge in [-0.3, -0.25) is 10.1 Å². The summed E-state index contributed by atoms with van der Waals surface area (Å²) >= 11 is 0. The van der Waals surface area contributed by atoms with Crippen molar-refractivity contribution < 1.29 is 14.8 Å². The molecule has 0 aliphatic carbocycles. The van der Waals surface area contributed by atoms with Crippen molar-refractivity contribution in [2.75, 3.05) is 0 Å². The van der Waals surface area contributed by atoms with Gasteiger partial charge in [0.2, 0.25) is 0 Å². The van der Waals surface area contributed by atoms with E-state index in [1.54, 1.807) is 0 Å². The summed E-state index contributed by atoms with van der Waals surface area (Å²) < 4.78 is 0. The maximum atomic E-state index is 10.3. The Bertz CT molecular complexity index is 341. The van der Waals surface area contributed by atoms with Crippen LogP contribution >= 0.6 is 0 Å². The van der Waals surface area contributed by atoms with Crippen molar-refractivity contribution in [3.05, 3.63) is 27.6 Å². The molecule has 0 aliphatic heterocycles. The van der Waals surface area contributed by atoms with Crippen LogP contribution in [-0.2, 0) is 0 Å². The predicted molar refractivity (Wildman–Crippen MR) is 39.1 cm³/mol. The molecule has 2 N–H and O–H groups in total. The Labute approximate surface area is 67.0 Å². The highest BCUT2D eigenvalue weighted by molar-refractivity contribution is 5.86. The van der Waals surface area contributed by atoms with Crippen molar-refractivity contribution in [3.63, 3.8) is 0 Å². The molecule has 1 aromatic rings. The smallest absolute Gasteiger partial charge is 0.352 e. The van der Waals surface area contributed by atoms with E-state index in [1.807, 2.05) is 0 Å². The first kappa shape index (κ1) is 8.25. The highest BCUT2D eigenvalue weighted by atomic mass is 16.6. The molecule has 64 valence electrons. The quantitative estimate of drug-likeness (QED) is 0.509. The van der Waals surface area contributed by atoms with Gasteiger partial charge in [0.15, 0.2) is 0 Å². The molecule has 6 heteroatoms. The van der Waals surface area contributed by atoms with Crippen molar-refractivity contribution in [2.24, 2.45) is 0 Å². The number of aromatic nitrogens is 1. The van der Waals surface area contributed by atoms with E-state index in [1.165, 1.54) is 6.92 Å². The molecular formula is C6H6N2O4. The SMILES string of the molecule is Cc1[nH]c(C(=O)O)cc1[N+](=O)[O-]. The summed E-state index contributed by atoms with van der Waals surface area (Å²) in [6, 6.07) is 0.998. The Morgan fingerprint density at radius 3 is 2.58 bits per heavy atom. The zero-order chi connectivity index (χ0) is 9.30. The summed E-state index contributed by atoms with van der Waals surface area (Å²) in [5, 5.41) is 18.7. The summed E-state index contributed by atoms with van der Waals surface area (Å²) in [4.78, 5) is 22.3. The first-order valence-electron chi connectivity index (χ1n) is 3.09. The van der Waals surface area contributed by atoms with Crippen molar-refractivity contribution in [2.45, 2.75) is 6.92 Å². The Kier molecular flexibility index (Phi) is 1.82. The minimum Gasteiger partial charge on any atom is -0.477 e. The monoisotopic (exact) mass is 170 g/mol. The van der Waals surface area contributed by atoms with Crippen LogP contribution in [0.2, 0.25) is 0 Å². The first-order chi connectivity index (χ1) is 5.52. The van der Waals surface area contributed by atoms with Crippen molar-refractivity contribution in [1.29, 1.82) is 0 Å². The molecular weight excluding hydrogens is 164 g/mol. The number of carboxylic acid groups (broad SMARTS) is 1. The topological polar surface area (TPSA) is 96.2 Å². The summed E-state index contributed by atoms with van der Waals surface area (Å²) in [5.41, 5.74) is -0.121. The fraction of sp³-hybridized carbons (Fsp3) is 0.167. The maximum Gasteiger partial charge on any atom is 0.352 e. The molecule has 0 fully saturated rings. The number of rotatable bonds is 2. The van der Waals surface area contributed by atoms with E-state index in [-0.39, 0.29) is 17.1 Å². The molecule has 0 aromatic carbocycles. The number of carbonyl (C=O) groups is 1. The average molecular weight is 170 g/mol. The maximum absolute atomic E-state index is 10.3. The molecule has 0 amide bonds. The number of aromatic carboxylic acids is 1. The van der Waals surface area contributed by atoms with Crippen LogP contribution in [0.25, 0.3) is 0 Å². The second kappa shape index (κ2) is 2.65. The van der Waals surface area contributed by atoms with Gasteiger partial charge in [-0.05, 0) is 6.92 Å². The minimum absolute atomic E-state index is 0.167. The molecule has 0 atom stereocenters. The molecule has 6 nitrogen and oxygen atoms in total. The van der Waals surface area contributed by atoms with Gasteiger partial charge in [-0.1, -0.05) is 0 Å². The van der Waals surface area contributed by atoms with Crippen LogP contribution < -0.4 is 0 Å². The number of aromatic amines is 1. The third kappa shape index (κ3) is 1.26. The zero-order valence-corrected chi connectivity index (χ0v) is 6.20. The lowest BCUT2D eigenvalue weighted by Crippen LogP contribution is -1.95. The third-order valence-corrected chi connectivity index (χ3v) is 1.41. The summed E-state index contributed by atoms with van der Waals surface area (Å²) in [7, 11) is 0. The molecule has 0 saturated carbocycles. The van der Waals surface area contributed by atoms with E-state index in [9.17, 15) is 14.9 Å². The second-order valence-corrected chi connectivity index (χ2v) is 2.26. The molecule has 0 spiro atoms. The first-order valence-corrected chi connectivity index (χ1v) is 3.09. The van der Waals surface area contributed by atoms with Gasteiger partial charge in [0.05, 0.1) is 10.6 Å². The molecule has 0 bridgehead atoms. The Balaban J connectivity index is 3.17. The molecule has 0 unspecified atom stereocenters. The molecule has 0 aliphatic rings. The van der Waals surface area contributed by atoms with Gasteiger partial charge in [0, 0.05) is 6.07 Å². The van der Waals surface area contributed by atoms with Crippen molar-refractivity contribution >= 4 is 11.7 Å². The van der Waals surface area contributed by atoms with Gasteiger partial charge in [0.25, 0.3) is 5.69 Å². The van der Waals surface area contributed by atoms with Crippen molar-refractivity contribution in [1.82, 2.24) is 4.98 Å². The van der Waals surface area contributed by atoms with Crippen molar-refractivity contribution in [3.8, 4) is 0 Å². The molecule has 0 saturated heterocycles. The van der Waals surface area contributed by atoms with Crippen LogP contribution in [-0.4, -0.2) is 21.0 Å². The number of hydrogen-bond donors (Lipinski definition) is 2. The van der Waals surface area contributed by atoms with E-state index in [0.717, 1.165) is 6.07 Å². The highest BCUT2D eigenvalue weighted by Crippen LogP contribution is 2.18. The predicted octanol–water partition coefficient (Wildman–Crippen LogP) is 0.930. The van der Waals surface area contributed by atoms with E-state index < -0.39 is 10.9 Å². The third-order valence-electron chi connectivity index (χ3n) is 1.41. The van der Waals surface area contributed by atoms with Crippen LogP contribution in [0, 0.1) is 17.0 Å². The number of hydrogen-bond acceptors (Lipinski definition) is 3. The van der Waals surface area contributed by atoms with Gasteiger partial charge >= 0.3 is 5.97 Å². The van der Waals surface area contributed by atoms with E-state index >= 15 is 0 Å². The molecule has 1 heterocycles. The Hall–Kier alpha value is -1.85. The summed E-state index contributed by atoms with van der Waals surface area (Å²) in [5.74, 6) is -1.20. The second-order valence-electron chi connectivity index (χ2n) is 2.26. The van der Waals surface area contributed by atoms with Crippen LogP contribution in [0.3, 0.4) is 0 Å². The molecule has 0 radical (unpaired) electrons. The standard InChI is InChI=1S/C6H6N2O4/c1-3-5(8(11)12)2-4(7-3)6(9)10/h2,7H,1H3,(H,9,10). The fourth-order valence-corrected chi connectivity index (χ4v) is 0.852. The molecule has 1 rings (SSSR count). The largest absolute Gasteiger partial charge is 0.477 e. The lowest BCUT2D eigenvalue weighted by molar-refractivity contribution is -0.385. The number of nitrogens with one attached hydrogen (secondary N) is 1. The van der Waals surface area contributed by atoms with Crippen LogP contribution in [0.5, 0.6) is 0 Å². The van der Waals surface area contributed by atoms with Gasteiger partial charge in [-0.2, -0.15) is 0 Å². The highest BCUT2D eigenvalue weighted by Gasteiger charge is 2.17. The Morgan fingerprint density at radius 2 is 2.33 bits per heavy atom. The number of carboxylic acids is 1. The number of nitrogens with zero attached hydrogens (tertiary/aromatic N) is 1. The van der Waals surface area contributed by atoms with Gasteiger partial charge < -0.3 is 10.1 Å². The van der Waals surface area contributed by atoms with Crippen LogP contribution in [0.15, 0.2) is 6.07 Å². The number of aryl methyl sites for hydroxylation is 1. The van der Waals surface area contributed by atoms with E-state index in [0.29, 0.717) is 0 Å². The molecule has 12 heavy (non-hydrogen) atoms. The summed E-state index contributed by atoms with van der Waals surface area (Å²) in [6.45, 7) is 1.45. The number of nitro groups is 1. The molecule has 1 aromatic heterocycles. The van der Waals surface area contributed by atoms with E-state index in [2.05, 4.69) is 4.98 Å². The number of H-pyrrole nitrogens is 1. The minimum atomic E-state index is -1.20. The van der Waals surface area contributed by atoms with Gasteiger partial charge in [0.1, 0.15) is 5.69 Å².